The maximum atomic E-state index is 14.6. The molecule has 1 unspecified atom stereocenters. The number of nitrogens with one attached hydrogen (secondary N) is 1. The Kier molecular flexibility index (Phi) is 7.10. The van der Waals surface area contributed by atoms with Crippen LogP contribution in [0.4, 0.5) is 5.69 Å². The molecule has 42 heavy (non-hydrogen) atoms. The summed E-state index contributed by atoms with van der Waals surface area (Å²) in [6, 6.07) is 39.0. The lowest BCUT2D eigenvalue weighted by atomic mass is 9.91. The molecule has 1 amide bonds. The lowest BCUT2D eigenvalue weighted by Gasteiger charge is -2.35. The molecule has 1 aliphatic rings. The van der Waals surface area contributed by atoms with Gasteiger partial charge in [-0.2, -0.15) is 0 Å². The third-order valence-electron chi connectivity index (χ3n) is 7.31. The van der Waals surface area contributed by atoms with Gasteiger partial charge in [-0.3, -0.25) is 4.79 Å². The molecule has 0 bridgehead atoms. The summed E-state index contributed by atoms with van der Waals surface area (Å²) in [6.07, 6.45) is 0. The number of benzene rings is 5. The quantitative estimate of drug-likeness (QED) is 0.229. The van der Waals surface area contributed by atoms with E-state index in [4.69, 9.17) is 0 Å². The molecule has 0 saturated heterocycles. The van der Waals surface area contributed by atoms with Crippen LogP contribution in [0.15, 0.2) is 138 Å². The van der Waals surface area contributed by atoms with Crippen molar-refractivity contribution in [1.29, 1.82) is 0 Å². The van der Waals surface area contributed by atoms with Crippen molar-refractivity contribution in [3.05, 3.63) is 161 Å². The topological polar surface area (TPSA) is 86.7 Å². The van der Waals surface area contributed by atoms with Crippen LogP contribution in [0.3, 0.4) is 0 Å². The van der Waals surface area contributed by atoms with E-state index in [1.54, 1.807) is 42.5 Å². The van der Waals surface area contributed by atoms with Crippen LogP contribution in [0.2, 0.25) is 0 Å². The number of hydrogen-bond acceptors (Lipinski definition) is 4. The van der Waals surface area contributed by atoms with Crippen LogP contribution >= 0.6 is 0 Å². The zero-order valence-corrected chi connectivity index (χ0v) is 23.6. The van der Waals surface area contributed by atoms with Crippen LogP contribution in [0.1, 0.15) is 45.6 Å². The molecule has 1 atom stereocenters. The molecule has 6 rings (SSSR count). The highest BCUT2D eigenvalue weighted by Gasteiger charge is 2.39. The number of fused-ring (bicyclic) bond motifs is 1. The maximum absolute atomic E-state index is 14.6. The molecule has 208 valence electrons. The van der Waals surface area contributed by atoms with Gasteiger partial charge in [0, 0.05) is 16.7 Å². The maximum Gasteiger partial charge on any atom is 0.269 e. The zero-order valence-electron chi connectivity index (χ0n) is 22.8. The fraction of sp³-hybridized carbons (Fsp3) is 0.0571. The molecule has 0 radical (unpaired) electrons. The van der Waals surface area contributed by atoms with E-state index in [-0.39, 0.29) is 16.6 Å². The van der Waals surface area contributed by atoms with E-state index in [9.17, 15) is 18.3 Å². The number of phenols is 1. The van der Waals surface area contributed by atoms with Crippen LogP contribution in [-0.4, -0.2) is 19.4 Å². The Morgan fingerprint density at radius 2 is 1.31 bits per heavy atom. The predicted molar refractivity (Wildman–Crippen MR) is 165 cm³/mol. The summed E-state index contributed by atoms with van der Waals surface area (Å²) in [5.41, 5.74) is 4.99. The number of carbonyl (C=O) groups is 1. The molecule has 1 heterocycles. The highest BCUT2D eigenvalue weighted by atomic mass is 32.2. The van der Waals surface area contributed by atoms with Crippen LogP contribution in [0.5, 0.6) is 5.75 Å². The lowest BCUT2D eigenvalue weighted by molar-refractivity contribution is 0.0940. The van der Waals surface area contributed by atoms with E-state index >= 15 is 0 Å². The highest BCUT2D eigenvalue weighted by molar-refractivity contribution is 7.93. The van der Waals surface area contributed by atoms with Crippen LogP contribution in [0.25, 0.3) is 11.3 Å². The Hall–Kier alpha value is -5.14. The summed E-state index contributed by atoms with van der Waals surface area (Å²) >= 11 is 0. The van der Waals surface area contributed by atoms with E-state index in [0.717, 1.165) is 16.7 Å². The van der Waals surface area contributed by atoms with Crippen LogP contribution in [-0.2, 0) is 10.0 Å². The van der Waals surface area contributed by atoms with E-state index in [1.165, 1.54) is 16.4 Å². The van der Waals surface area contributed by atoms with Gasteiger partial charge in [0.25, 0.3) is 15.9 Å². The number of rotatable bonds is 6. The summed E-state index contributed by atoms with van der Waals surface area (Å²) < 4.78 is 30.6. The molecular weight excluding hydrogens is 544 g/mol. The summed E-state index contributed by atoms with van der Waals surface area (Å²) in [6.45, 7) is 1.83. The Bertz CT molecular complexity index is 1890. The van der Waals surface area contributed by atoms with Crippen molar-refractivity contribution < 1.29 is 18.3 Å². The van der Waals surface area contributed by atoms with Crippen LogP contribution in [0, 0.1) is 0 Å². The Morgan fingerprint density at radius 1 is 0.738 bits per heavy atom. The molecular formula is C35H28N2O4S. The van der Waals surface area contributed by atoms with Gasteiger partial charge >= 0.3 is 0 Å². The van der Waals surface area contributed by atoms with Gasteiger partial charge in [-0.05, 0) is 66.1 Å². The van der Waals surface area contributed by atoms with E-state index in [2.05, 4.69) is 5.32 Å². The first-order valence-corrected chi connectivity index (χ1v) is 15.0. The number of hydrogen-bond donors (Lipinski definition) is 2. The average Bonchev–Trinajstić information content (AvgIpc) is 3.02. The molecule has 0 fully saturated rings. The number of sulfonamides is 1. The fourth-order valence-corrected chi connectivity index (χ4v) is 7.01. The predicted octanol–water partition coefficient (Wildman–Crippen LogP) is 7.01. The number of aromatic hydroxyl groups is 1. The summed E-state index contributed by atoms with van der Waals surface area (Å²) in [5, 5.41) is 13.0. The molecule has 7 heteroatoms. The molecule has 0 saturated carbocycles. The molecule has 2 N–H and O–H groups in total. The van der Waals surface area contributed by atoms with Gasteiger partial charge in [-0.25, -0.2) is 12.7 Å². The second-order valence-corrected chi connectivity index (χ2v) is 11.8. The van der Waals surface area contributed by atoms with E-state index < -0.39 is 16.1 Å². The zero-order chi connectivity index (χ0) is 29.3. The van der Waals surface area contributed by atoms with Crippen molar-refractivity contribution in [2.75, 3.05) is 4.31 Å². The molecule has 1 aliphatic heterocycles. The van der Waals surface area contributed by atoms with Gasteiger partial charge in [-0.1, -0.05) is 91.0 Å². The first kappa shape index (κ1) is 27.1. The van der Waals surface area contributed by atoms with E-state index in [1.807, 2.05) is 85.8 Å². The molecule has 0 aromatic heterocycles. The largest absolute Gasteiger partial charge is 0.508 e. The lowest BCUT2D eigenvalue weighted by Crippen LogP contribution is -2.35. The van der Waals surface area contributed by atoms with Crippen LogP contribution < -0.4 is 9.62 Å². The number of nitrogens with zero attached hydrogens (tertiary/aromatic N) is 1. The Balaban J connectivity index is 1.57. The van der Waals surface area contributed by atoms with Crippen molar-refractivity contribution in [2.24, 2.45) is 0 Å². The van der Waals surface area contributed by atoms with Gasteiger partial charge in [0.1, 0.15) is 5.75 Å². The fourth-order valence-electron chi connectivity index (χ4n) is 5.24. The average molecular weight is 573 g/mol. The van der Waals surface area contributed by atoms with Crippen molar-refractivity contribution >= 4 is 32.9 Å². The number of anilines is 1. The third-order valence-corrected chi connectivity index (χ3v) is 9.08. The minimum Gasteiger partial charge on any atom is -0.508 e. The number of amides is 1. The molecule has 0 spiro atoms. The minimum atomic E-state index is -4.14. The first-order valence-electron chi connectivity index (χ1n) is 13.5. The molecule has 6 nitrogen and oxygen atoms in total. The van der Waals surface area contributed by atoms with Gasteiger partial charge in [-0.15, -0.1) is 0 Å². The SMILES string of the molecule is CC(NC(=O)c1ccccc1)c1ccc2c(c1)S(=O)(=O)N(c1ccc(O)cc1)C(c1ccccc1)=C2c1ccccc1. The summed E-state index contributed by atoms with van der Waals surface area (Å²) in [4.78, 5) is 13.0. The summed E-state index contributed by atoms with van der Waals surface area (Å²) in [5.74, 6) is -0.210. The van der Waals surface area contributed by atoms with Gasteiger partial charge in [0.15, 0.2) is 0 Å². The monoisotopic (exact) mass is 572 g/mol. The normalized spacial score (nSPS) is 14.6. The Labute approximate surface area is 245 Å². The molecule has 5 aromatic rings. The number of phenolic OH excluding ortho intramolecular Hbond substituents is 1. The second-order valence-electron chi connectivity index (χ2n) is 10.1. The first-order chi connectivity index (χ1) is 20.3. The van der Waals surface area contributed by atoms with Gasteiger partial charge in [0.2, 0.25) is 0 Å². The van der Waals surface area contributed by atoms with E-state index in [0.29, 0.717) is 28.1 Å². The van der Waals surface area contributed by atoms with Gasteiger partial charge in [0.05, 0.1) is 22.3 Å². The number of carbonyl (C=O) groups excluding carboxylic acids is 1. The van der Waals surface area contributed by atoms with Crippen molar-refractivity contribution in [3.8, 4) is 5.75 Å². The highest BCUT2D eigenvalue weighted by Crippen LogP contribution is 2.47. The van der Waals surface area contributed by atoms with Crippen molar-refractivity contribution in [1.82, 2.24) is 5.32 Å². The third kappa shape index (κ3) is 4.95. The van der Waals surface area contributed by atoms with Crippen molar-refractivity contribution in [3.63, 3.8) is 0 Å². The van der Waals surface area contributed by atoms with Crippen molar-refractivity contribution in [2.45, 2.75) is 17.9 Å². The smallest absolute Gasteiger partial charge is 0.269 e. The molecule has 5 aromatic carbocycles. The standard InChI is InChI=1S/C35H28N2O4S/c1-24(36-35(39)27-15-9-4-10-16-27)28-17-22-31-32(23-28)42(40,41)37(29-18-20-30(38)21-19-29)34(26-13-7-3-8-14-26)33(31)25-11-5-2-6-12-25/h2-24,38H,1H3,(H,36,39). The summed E-state index contributed by atoms with van der Waals surface area (Å²) in [7, 11) is -4.14. The minimum absolute atomic E-state index is 0.0346. The Morgan fingerprint density at radius 3 is 1.93 bits per heavy atom. The molecule has 0 aliphatic carbocycles. The van der Waals surface area contributed by atoms with Gasteiger partial charge < -0.3 is 10.4 Å². The second kappa shape index (κ2) is 11.0.